The van der Waals surface area contributed by atoms with Crippen molar-refractivity contribution < 1.29 is 17.0 Å². The molecule has 0 rings (SSSR count). The van der Waals surface area contributed by atoms with E-state index in [4.69, 9.17) is 0 Å². The van der Waals surface area contributed by atoms with Crippen LogP contribution in [0.1, 0.15) is 32.6 Å². The third-order valence-electron chi connectivity index (χ3n) is 1.54. The van der Waals surface area contributed by atoms with Crippen LogP contribution in [0, 0.1) is 0 Å². The van der Waals surface area contributed by atoms with E-state index in [1.165, 1.54) is 0 Å². The molecule has 0 saturated heterocycles. The van der Waals surface area contributed by atoms with Crippen molar-refractivity contribution in [3.05, 3.63) is 0 Å². The topological polar surface area (TPSA) is 43.4 Å². The Balaban J connectivity index is 0. The normalized spacial score (nSPS) is 11.0. The Kier molecular flexibility index (Phi) is 12.8. The molecule has 82 valence electrons. The van der Waals surface area contributed by atoms with Gasteiger partial charge in [0.1, 0.15) is 0 Å². The van der Waals surface area contributed by atoms with E-state index in [1.807, 2.05) is 6.92 Å². The van der Waals surface area contributed by atoms with Gasteiger partial charge in [-0.1, -0.05) is 13.3 Å². The van der Waals surface area contributed by atoms with Crippen LogP contribution in [0.4, 0.5) is 4.39 Å². The second kappa shape index (κ2) is 10.4. The van der Waals surface area contributed by atoms with E-state index in [0.717, 1.165) is 12.8 Å². The molecule has 0 unspecified atom stereocenters. The Morgan fingerprint density at radius 3 is 2.36 bits per heavy atom. The number of hydrogen-bond donors (Lipinski definition) is 0. The summed E-state index contributed by atoms with van der Waals surface area (Å²) in [5, 5.41) is 0. The summed E-state index contributed by atoms with van der Waals surface area (Å²) in [7, 11) is -3.39. The van der Waals surface area contributed by atoms with Gasteiger partial charge in [0.15, 0.2) is 0 Å². The Labute approximate surface area is 108 Å². The van der Waals surface area contributed by atoms with Gasteiger partial charge in [0.2, 0.25) is 0 Å². The molecule has 0 aromatic carbocycles. The van der Waals surface area contributed by atoms with Gasteiger partial charge in [-0.15, -0.1) is 0 Å². The Morgan fingerprint density at radius 1 is 1.21 bits per heavy atom. The van der Waals surface area contributed by atoms with Crippen LogP contribution >= 0.6 is 0 Å². The van der Waals surface area contributed by atoms with Crippen molar-refractivity contribution in [1.29, 1.82) is 0 Å². The third-order valence-corrected chi connectivity index (χ3v) is 2.85. The van der Waals surface area contributed by atoms with Crippen molar-refractivity contribution in [3.63, 3.8) is 0 Å². The molecular weight excluding hydrogens is 218 g/mol. The molecule has 0 bridgehead atoms. The average molecular weight is 236 g/mol. The van der Waals surface area contributed by atoms with E-state index in [9.17, 15) is 12.8 Å². The predicted molar refractivity (Wildman–Crippen MR) is 57.0 cm³/mol. The molecule has 0 aliphatic carbocycles. The zero-order chi connectivity index (χ0) is 10.2. The van der Waals surface area contributed by atoms with Gasteiger partial charge in [0.25, 0.3) is 10.1 Å². The Morgan fingerprint density at radius 2 is 1.86 bits per heavy atom. The van der Waals surface area contributed by atoms with Crippen molar-refractivity contribution in [3.8, 4) is 0 Å². The summed E-state index contributed by atoms with van der Waals surface area (Å²) in [5.74, 6) is -0.0688. The quantitative estimate of drug-likeness (QED) is 0.362. The Hall–Kier alpha value is 0.840. The predicted octanol–water partition coefficient (Wildman–Crippen LogP) is 1.23. The molecule has 3 nitrogen and oxygen atoms in total. The van der Waals surface area contributed by atoms with Crippen LogP contribution in [0.3, 0.4) is 0 Å². The fourth-order valence-electron chi connectivity index (χ4n) is 0.762. The van der Waals surface area contributed by atoms with Crippen LogP contribution in [0.2, 0.25) is 0 Å². The molecule has 0 atom stereocenters. The van der Waals surface area contributed by atoms with E-state index in [1.54, 1.807) is 0 Å². The van der Waals surface area contributed by atoms with Gasteiger partial charge >= 0.3 is 29.6 Å². The zero-order valence-corrected chi connectivity index (χ0v) is 8.78. The molecule has 0 saturated carbocycles. The van der Waals surface area contributed by atoms with Crippen LogP contribution < -0.4 is 0 Å². The molecule has 0 spiro atoms. The van der Waals surface area contributed by atoms with Crippen molar-refractivity contribution in [2.45, 2.75) is 32.6 Å². The minimum atomic E-state index is -3.39. The second-order valence-corrected chi connectivity index (χ2v) is 4.59. The van der Waals surface area contributed by atoms with E-state index in [2.05, 4.69) is 4.18 Å². The van der Waals surface area contributed by atoms with E-state index in [-0.39, 0.29) is 48.3 Å². The van der Waals surface area contributed by atoms with Crippen LogP contribution in [-0.4, -0.2) is 57.0 Å². The molecule has 0 aromatic rings. The summed E-state index contributed by atoms with van der Waals surface area (Å²) in [5.41, 5.74) is 0. The van der Waals surface area contributed by atoms with Crippen LogP contribution in [0.15, 0.2) is 0 Å². The summed E-state index contributed by atoms with van der Waals surface area (Å²) < 4.78 is 38.4. The first-order valence-corrected chi connectivity index (χ1v) is 6.13. The molecule has 0 heterocycles. The van der Waals surface area contributed by atoms with E-state index < -0.39 is 16.8 Å². The minimum absolute atomic E-state index is 0. The van der Waals surface area contributed by atoms with Crippen LogP contribution in [-0.2, 0) is 14.3 Å². The molecule has 0 aliphatic heterocycles. The van der Waals surface area contributed by atoms with E-state index >= 15 is 0 Å². The molecule has 0 amide bonds. The van der Waals surface area contributed by atoms with E-state index in [0.29, 0.717) is 6.42 Å². The van der Waals surface area contributed by atoms with Crippen molar-refractivity contribution in [1.82, 2.24) is 0 Å². The van der Waals surface area contributed by atoms with Gasteiger partial charge in [0.05, 0.1) is 19.0 Å². The maximum absolute atomic E-state index is 11.6. The molecule has 14 heavy (non-hydrogen) atoms. The first-order valence-electron chi connectivity index (χ1n) is 4.55. The summed E-state index contributed by atoms with van der Waals surface area (Å²) in [4.78, 5) is 0. The number of unbranched alkanes of at least 4 members (excludes halogenated alkanes) is 2. The van der Waals surface area contributed by atoms with Crippen LogP contribution in [0.25, 0.3) is 0 Å². The zero-order valence-electron chi connectivity index (χ0n) is 7.96. The molecular formula is C8H18FNaO3S. The second-order valence-electron chi connectivity index (χ2n) is 2.83. The molecule has 0 radical (unpaired) electrons. The monoisotopic (exact) mass is 236 g/mol. The Bertz CT molecular complexity index is 191. The molecule has 6 heteroatoms. The SMILES string of the molecule is CCCCOS(=O)(=O)CCCCF.[NaH]. The van der Waals surface area contributed by atoms with Gasteiger partial charge < -0.3 is 0 Å². The van der Waals surface area contributed by atoms with Gasteiger partial charge in [-0.3, -0.25) is 8.57 Å². The van der Waals surface area contributed by atoms with Crippen molar-refractivity contribution >= 4 is 39.7 Å². The number of alkyl halides is 1. The number of hydrogen-bond acceptors (Lipinski definition) is 3. The third kappa shape index (κ3) is 10.9. The molecule has 0 N–H and O–H groups in total. The summed E-state index contributed by atoms with van der Waals surface area (Å²) >= 11 is 0. The fourth-order valence-corrected chi connectivity index (χ4v) is 1.81. The molecule has 0 aliphatic rings. The average Bonchev–Trinajstić information content (AvgIpc) is 2.05. The van der Waals surface area contributed by atoms with Gasteiger partial charge in [0, 0.05) is 0 Å². The molecule has 0 fully saturated rings. The standard InChI is InChI=1S/C8H17FO3S.Na.H/c1-2-3-7-12-13(10,11)8-5-4-6-9;;/h2-8H2,1H3;;. The first kappa shape index (κ1) is 17.2. The summed E-state index contributed by atoms with van der Waals surface area (Å²) in [6.45, 7) is 1.73. The number of rotatable bonds is 8. The fraction of sp³-hybridized carbons (Fsp3) is 1.00. The maximum atomic E-state index is 11.6. The summed E-state index contributed by atoms with van der Waals surface area (Å²) in [6.07, 6.45) is 2.27. The van der Waals surface area contributed by atoms with Gasteiger partial charge in [-0.05, 0) is 19.3 Å². The van der Waals surface area contributed by atoms with Crippen molar-refractivity contribution in [2.24, 2.45) is 0 Å². The van der Waals surface area contributed by atoms with Gasteiger partial charge in [-0.25, -0.2) is 0 Å². The first-order chi connectivity index (χ1) is 6.12. The van der Waals surface area contributed by atoms with Crippen LogP contribution in [0.5, 0.6) is 0 Å². The summed E-state index contributed by atoms with van der Waals surface area (Å²) in [6, 6.07) is 0. The van der Waals surface area contributed by atoms with Gasteiger partial charge in [-0.2, -0.15) is 8.42 Å². The number of halogens is 1. The van der Waals surface area contributed by atoms with Crippen molar-refractivity contribution in [2.75, 3.05) is 19.0 Å². The molecule has 0 aromatic heterocycles.